The lowest BCUT2D eigenvalue weighted by molar-refractivity contribution is 0.241. The van der Waals surface area contributed by atoms with E-state index in [1.54, 1.807) is 20.4 Å². The fourth-order valence-corrected chi connectivity index (χ4v) is 1.81. The molecule has 1 aromatic rings. The molecule has 5 heteroatoms. The third-order valence-corrected chi connectivity index (χ3v) is 3.05. The van der Waals surface area contributed by atoms with Gasteiger partial charge in [0.25, 0.3) is 0 Å². The maximum atomic E-state index is 11.9. The summed E-state index contributed by atoms with van der Waals surface area (Å²) in [4.78, 5) is 11.9. The van der Waals surface area contributed by atoms with Gasteiger partial charge in [-0.2, -0.15) is 0 Å². The Morgan fingerprint density at radius 3 is 2.36 bits per heavy atom. The third kappa shape index (κ3) is 5.68. The first-order chi connectivity index (χ1) is 10.3. The van der Waals surface area contributed by atoms with Gasteiger partial charge < -0.3 is 20.1 Å². The minimum absolute atomic E-state index is 0.0300. The molecule has 22 heavy (non-hydrogen) atoms. The van der Waals surface area contributed by atoms with Crippen molar-refractivity contribution in [3.8, 4) is 11.5 Å². The van der Waals surface area contributed by atoms with Crippen molar-refractivity contribution >= 4 is 6.03 Å². The predicted molar refractivity (Wildman–Crippen MR) is 88.2 cm³/mol. The van der Waals surface area contributed by atoms with Gasteiger partial charge >= 0.3 is 6.03 Å². The summed E-state index contributed by atoms with van der Waals surface area (Å²) in [5.41, 5.74) is 0.968. The molecule has 1 unspecified atom stereocenters. The van der Waals surface area contributed by atoms with E-state index in [0.29, 0.717) is 11.5 Å². The highest BCUT2D eigenvalue weighted by Gasteiger charge is 2.12. The molecule has 0 radical (unpaired) electrons. The van der Waals surface area contributed by atoms with Gasteiger partial charge in [-0.1, -0.05) is 32.9 Å². The minimum Gasteiger partial charge on any atom is -0.493 e. The first-order valence-corrected chi connectivity index (χ1v) is 7.23. The Bertz CT molecular complexity index is 533. The van der Waals surface area contributed by atoms with Crippen LogP contribution in [-0.2, 0) is 0 Å². The fraction of sp³-hybridized carbons (Fsp3) is 0.471. The molecule has 0 saturated heterocycles. The number of methoxy groups -OCH3 is 2. The highest BCUT2D eigenvalue weighted by atomic mass is 16.5. The zero-order valence-electron chi connectivity index (χ0n) is 14.2. The number of carbonyl (C=O) groups is 1. The largest absolute Gasteiger partial charge is 0.493 e. The number of ether oxygens (including phenoxy) is 2. The van der Waals surface area contributed by atoms with Gasteiger partial charge in [0.05, 0.1) is 20.3 Å². The standard InChI is InChI=1S/C17H26N2O3/c1-12(19-16(20)18-10-9-17(2,3)4)13-7-8-14(21-5)15(11-13)22-6/h7-12H,1-6H3,(H2,18,19,20)/b10-9+. The molecule has 1 rings (SSSR count). The van der Waals surface area contributed by atoms with Crippen LogP contribution in [-0.4, -0.2) is 20.3 Å². The molecule has 0 aliphatic rings. The maximum Gasteiger partial charge on any atom is 0.319 e. The van der Waals surface area contributed by atoms with E-state index >= 15 is 0 Å². The van der Waals surface area contributed by atoms with E-state index in [1.165, 1.54) is 0 Å². The van der Waals surface area contributed by atoms with Crippen LogP contribution >= 0.6 is 0 Å². The van der Waals surface area contributed by atoms with Crippen molar-refractivity contribution in [3.63, 3.8) is 0 Å². The van der Waals surface area contributed by atoms with Crippen LogP contribution in [0, 0.1) is 5.41 Å². The van der Waals surface area contributed by atoms with Gasteiger partial charge in [-0.05, 0) is 30.0 Å². The van der Waals surface area contributed by atoms with Crippen LogP contribution in [0.1, 0.15) is 39.3 Å². The molecule has 122 valence electrons. The molecule has 2 N–H and O–H groups in total. The minimum atomic E-state index is -0.247. The van der Waals surface area contributed by atoms with Gasteiger partial charge in [0.2, 0.25) is 0 Å². The molecule has 0 heterocycles. The molecular formula is C17H26N2O3. The van der Waals surface area contributed by atoms with Crippen LogP contribution in [0.2, 0.25) is 0 Å². The Labute approximate surface area is 132 Å². The Kier molecular flexibility index (Phi) is 6.28. The van der Waals surface area contributed by atoms with Crippen molar-refractivity contribution in [2.75, 3.05) is 14.2 Å². The van der Waals surface area contributed by atoms with Crippen LogP contribution in [0.4, 0.5) is 4.79 Å². The number of amides is 2. The first kappa shape index (κ1) is 17.9. The highest BCUT2D eigenvalue weighted by molar-refractivity contribution is 5.75. The van der Waals surface area contributed by atoms with Crippen molar-refractivity contribution in [1.82, 2.24) is 10.6 Å². The molecule has 0 fully saturated rings. The van der Waals surface area contributed by atoms with Crippen molar-refractivity contribution in [2.45, 2.75) is 33.7 Å². The number of rotatable bonds is 5. The van der Waals surface area contributed by atoms with Gasteiger partial charge in [-0.3, -0.25) is 0 Å². The van der Waals surface area contributed by atoms with Crippen LogP contribution in [0.25, 0.3) is 0 Å². The molecule has 1 atom stereocenters. The summed E-state index contributed by atoms with van der Waals surface area (Å²) >= 11 is 0. The number of benzene rings is 1. The van der Waals surface area contributed by atoms with Crippen molar-refractivity contribution in [1.29, 1.82) is 0 Å². The molecule has 0 aromatic heterocycles. The number of urea groups is 1. The van der Waals surface area contributed by atoms with E-state index in [4.69, 9.17) is 9.47 Å². The quantitative estimate of drug-likeness (QED) is 0.873. The molecule has 0 saturated carbocycles. The maximum absolute atomic E-state index is 11.9. The number of hydrogen-bond donors (Lipinski definition) is 2. The summed E-state index contributed by atoms with van der Waals surface area (Å²) in [6, 6.07) is 5.18. The average Bonchev–Trinajstić information content (AvgIpc) is 2.44. The normalized spacial score (nSPS) is 12.8. The monoisotopic (exact) mass is 306 g/mol. The number of allylic oxidation sites excluding steroid dienone is 1. The summed E-state index contributed by atoms with van der Waals surface area (Å²) in [5.74, 6) is 1.30. The molecule has 0 aliphatic heterocycles. The van der Waals surface area contributed by atoms with E-state index < -0.39 is 0 Å². The SMILES string of the molecule is COc1ccc(C(C)NC(=O)N/C=C/C(C)(C)C)cc1OC. The molecular weight excluding hydrogens is 280 g/mol. The summed E-state index contributed by atoms with van der Waals surface area (Å²) in [5, 5.41) is 5.58. The van der Waals surface area contributed by atoms with Crippen molar-refractivity contribution < 1.29 is 14.3 Å². The van der Waals surface area contributed by atoms with Gasteiger partial charge in [-0.25, -0.2) is 4.79 Å². The van der Waals surface area contributed by atoms with Crippen LogP contribution in [0.3, 0.4) is 0 Å². The topological polar surface area (TPSA) is 59.6 Å². The second-order valence-electron chi connectivity index (χ2n) is 6.15. The zero-order valence-corrected chi connectivity index (χ0v) is 14.2. The fourth-order valence-electron chi connectivity index (χ4n) is 1.81. The van der Waals surface area contributed by atoms with E-state index in [0.717, 1.165) is 5.56 Å². The lowest BCUT2D eigenvalue weighted by Crippen LogP contribution is -2.34. The van der Waals surface area contributed by atoms with Crippen molar-refractivity contribution in [2.24, 2.45) is 5.41 Å². The Balaban J connectivity index is 2.67. The summed E-state index contributed by atoms with van der Waals surface area (Å²) in [7, 11) is 3.18. The zero-order chi connectivity index (χ0) is 16.8. The van der Waals surface area contributed by atoms with E-state index in [2.05, 4.69) is 31.4 Å². The second kappa shape index (κ2) is 7.73. The van der Waals surface area contributed by atoms with E-state index in [1.807, 2.05) is 31.2 Å². The Hall–Kier alpha value is -2.17. The lowest BCUT2D eigenvalue weighted by atomic mass is 9.97. The number of hydrogen-bond acceptors (Lipinski definition) is 3. The highest BCUT2D eigenvalue weighted by Crippen LogP contribution is 2.29. The van der Waals surface area contributed by atoms with Gasteiger partial charge in [-0.15, -0.1) is 0 Å². The summed E-state index contributed by atoms with van der Waals surface area (Å²) in [6.07, 6.45) is 3.60. The molecule has 0 bridgehead atoms. The second-order valence-corrected chi connectivity index (χ2v) is 6.15. The Morgan fingerprint density at radius 2 is 1.82 bits per heavy atom. The average molecular weight is 306 g/mol. The van der Waals surface area contributed by atoms with Crippen molar-refractivity contribution in [3.05, 3.63) is 36.0 Å². The summed E-state index contributed by atoms with van der Waals surface area (Å²) < 4.78 is 10.5. The van der Waals surface area contributed by atoms with Gasteiger partial charge in [0.15, 0.2) is 11.5 Å². The first-order valence-electron chi connectivity index (χ1n) is 7.23. The number of carbonyl (C=O) groups excluding carboxylic acids is 1. The summed E-state index contributed by atoms with van der Waals surface area (Å²) in [6.45, 7) is 8.11. The molecule has 0 spiro atoms. The smallest absolute Gasteiger partial charge is 0.319 e. The molecule has 5 nitrogen and oxygen atoms in total. The lowest BCUT2D eigenvalue weighted by Gasteiger charge is -2.17. The van der Waals surface area contributed by atoms with Crippen LogP contribution < -0.4 is 20.1 Å². The van der Waals surface area contributed by atoms with E-state index in [-0.39, 0.29) is 17.5 Å². The molecule has 2 amide bonds. The number of nitrogens with one attached hydrogen (secondary N) is 2. The third-order valence-electron chi connectivity index (χ3n) is 3.05. The predicted octanol–water partition coefficient (Wildman–Crippen LogP) is 3.62. The van der Waals surface area contributed by atoms with Crippen LogP contribution in [0.5, 0.6) is 11.5 Å². The van der Waals surface area contributed by atoms with Gasteiger partial charge in [0.1, 0.15) is 0 Å². The van der Waals surface area contributed by atoms with Crippen LogP contribution in [0.15, 0.2) is 30.5 Å². The Morgan fingerprint density at radius 1 is 1.18 bits per heavy atom. The molecule has 0 aliphatic carbocycles. The van der Waals surface area contributed by atoms with Gasteiger partial charge in [0, 0.05) is 6.20 Å². The molecule has 1 aromatic carbocycles. The van der Waals surface area contributed by atoms with E-state index in [9.17, 15) is 4.79 Å².